The molecule has 0 fully saturated rings. The Labute approximate surface area is 81.0 Å². The van der Waals surface area contributed by atoms with E-state index in [1.165, 1.54) is 26.4 Å². The Morgan fingerprint density at radius 3 is 2.57 bits per heavy atom. The fraction of sp³-hybridized carbons (Fsp3) is 0.222. The molecule has 0 aliphatic rings. The number of phenolic OH excluding ortho intramolecular Hbond substituents is 1. The van der Waals surface area contributed by atoms with Gasteiger partial charge in [0.05, 0.1) is 14.2 Å². The first-order valence-electron chi connectivity index (χ1n) is 3.85. The van der Waals surface area contributed by atoms with Crippen LogP contribution in [0.1, 0.15) is 10.4 Å². The number of benzene rings is 1. The fourth-order valence-corrected chi connectivity index (χ4v) is 1.08. The lowest BCUT2D eigenvalue weighted by molar-refractivity contribution is 0.0597. The Kier molecular flexibility index (Phi) is 2.81. The number of anilines is 1. The first-order valence-corrected chi connectivity index (χ1v) is 3.85. The number of carbonyl (C=O) groups excluding carboxylic acids is 1. The quantitative estimate of drug-likeness (QED) is 0.415. The van der Waals surface area contributed by atoms with Crippen LogP contribution in [-0.2, 0) is 4.74 Å². The highest BCUT2D eigenvalue weighted by Gasteiger charge is 2.17. The van der Waals surface area contributed by atoms with Crippen LogP contribution in [0.15, 0.2) is 12.1 Å². The average molecular weight is 197 g/mol. The molecule has 1 rings (SSSR count). The first kappa shape index (κ1) is 10.2. The molecule has 0 aromatic heterocycles. The van der Waals surface area contributed by atoms with Crippen LogP contribution in [0.4, 0.5) is 5.69 Å². The summed E-state index contributed by atoms with van der Waals surface area (Å²) in [7, 11) is 2.61. The van der Waals surface area contributed by atoms with Crippen LogP contribution in [-0.4, -0.2) is 25.3 Å². The first-order chi connectivity index (χ1) is 6.61. The maximum Gasteiger partial charge on any atom is 0.341 e. The molecule has 5 heteroatoms. The number of aromatic hydroxyl groups is 1. The van der Waals surface area contributed by atoms with Crippen LogP contribution < -0.4 is 10.5 Å². The Balaban J connectivity index is 3.31. The van der Waals surface area contributed by atoms with Crippen molar-refractivity contribution in [1.29, 1.82) is 0 Å². The number of ether oxygens (including phenoxy) is 2. The zero-order valence-corrected chi connectivity index (χ0v) is 7.90. The number of rotatable bonds is 2. The van der Waals surface area contributed by atoms with E-state index in [1.54, 1.807) is 0 Å². The monoisotopic (exact) mass is 197 g/mol. The molecule has 0 amide bonds. The normalized spacial score (nSPS) is 9.57. The number of nitrogens with two attached hydrogens (primary N) is 1. The predicted octanol–water partition coefficient (Wildman–Crippen LogP) is 0.770. The van der Waals surface area contributed by atoms with Gasteiger partial charge in [0.2, 0.25) is 0 Å². The minimum atomic E-state index is -0.562. The van der Waals surface area contributed by atoms with E-state index in [0.29, 0.717) is 0 Å². The van der Waals surface area contributed by atoms with Crippen LogP contribution >= 0.6 is 0 Å². The molecule has 0 saturated heterocycles. The van der Waals surface area contributed by atoms with E-state index in [9.17, 15) is 9.90 Å². The predicted molar refractivity (Wildman–Crippen MR) is 50.4 cm³/mol. The molecule has 76 valence electrons. The van der Waals surface area contributed by atoms with Crippen molar-refractivity contribution in [3.63, 3.8) is 0 Å². The molecule has 0 aliphatic carbocycles. The lowest BCUT2D eigenvalue weighted by Crippen LogP contribution is -2.06. The van der Waals surface area contributed by atoms with Gasteiger partial charge in [0.15, 0.2) is 5.75 Å². The van der Waals surface area contributed by atoms with E-state index in [1.807, 2.05) is 0 Å². The number of methoxy groups -OCH3 is 2. The molecule has 5 nitrogen and oxygen atoms in total. The van der Waals surface area contributed by atoms with Gasteiger partial charge in [-0.25, -0.2) is 4.79 Å². The second-order valence-electron chi connectivity index (χ2n) is 2.57. The number of hydrogen-bond donors (Lipinski definition) is 2. The van der Waals surface area contributed by atoms with Crippen molar-refractivity contribution < 1.29 is 19.4 Å². The van der Waals surface area contributed by atoms with Gasteiger partial charge >= 0.3 is 5.97 Å². The van der Waals surface area contributed by atoms with Crippen molar-refractivity contribution in [3.05, 3.63) is 17.7 Å². The summed E-state index contributed by atoms with van der Waals surface area (Å²) in [5.74, 6) is -0.570. The average Bonchev–Trinajstić information content (AvgIpc) is 2.20. The molecule has 0 atom stereocenters. The SMILES string of the molecule is COC(=O)c1ccc(O)c(N)c1OC. The third kappa shape index (κ3) is 1.56. The van der Waals surface area contributed by atoms with E-state index < -0.39 is 5.97 Å². The van der Waals surface area contributed by atoms with Crippen LogP contribution in [0.3, 0.4) is 0 Å². The number of esters is 1. The van der Waals surface area contributed by atoms with Crippen LogP contribution in [0, 0.1) is 0 Å². The van der Waals surface area contributed by atoms with Crippen molar-refractivity contribution in [2.45, 2.75) is 0 Å². The molecule has 3 N–H and O–H groups in total. The topological polar surface area (TPSA) is 81.8 Å². The summed E-state index contributed by atoms with van der Waals surface area (Å²) >= 11 is 0. The highest BCUT2D eigenvalue weighted by molar-refractivity contribution is 5.95. The molecule has 0 radical (unpaired) electrons. The molecule has 14 heavy (non-hydrogen) atoms. The summed E-state index contributed by atoms with van der Waals surface area (Å²) < 4.78 is 9.41. The van der Waals surface area contributed by atoms with Crippen molar-refractivity contribution in [1.82, 2.24) is 0 Å². The second kappa shape index (κ2) is 3.87. The van der Waals surface area contributed by atoms with Crippen LogP contribution in [0.2, 0.25) is 0 Å². The minimum Gasteiger partial charge on any atom is -0.506 e. The highest BCUT2D eigenvalue weighted by Crippen LogP contribution is 2.34. The van der Waals surface area contributed by atoms with E-state index in [4.69, 9.17) is 10.5 Å². The summed E-state index contributed by atoms with van der Waals surface area (Å²) in [6.45, 7) is 0. The van der Waals surface area contributed by atoms with Gasteiger partial charge in [-0.15, -0.1) is 0 Å². The van der Waals surface area contributed by atoms with Gasteiger partial charge in [-0.3, -0.25) is 0 Å². The van der Waals surface area contributed by atoms with Gasteiger partial charge in [0.1, 0.15) is 17.0 Å². The molecular formula is C9H11NO4. The van der Waals surface area contributed by atoms with Gasteiger partial charge in [-0.05, 0) is 12.1 Å². The summed E-state index contributed by atoms with van der Waals surface area (Å²) in [6.07, 6.45) is 0. The molecule has 0 saturated carbocycles. The standard InChI is InChI=1S/C9H11NO4/c1-13-8-5(9(12)14-2)3-4-6(11)7(8)10/h3-4,11H,10H2,1-2H3. The largest absolute Gasteiger partial charge is 0.506 e. The Bertz CT molecular complexity index is 362. The van der Waals surface area contributed by atoms with Crippen molar-refractivity contribution in [3.8, 4) is 11.5 Å². The van der Waals surface area contributed by atoms with Crippen molar-refractivity contribution in [2.75, 3.05) is 20.0 Å². The molecule has 0 aliphatic heterocycles. The molecule has 0 unspecified atom stereocenters. The van der Waals surface area contributed by atoms with Crippen LogP contribution in [0.25, 0.3) is 0 Å². The zero-order chi connectivity index (χ0) is 10.7. The number of phenols is 1. The number of hydrogen-bond acceptors (Lipinski definition) is 5. The molecule has 0 spiro atoms. The van der Waals surface area contributed by atoms with Crippen molar-refractivity contribution in [2.24, 2.45) is 0 Å². The molecular weight excluding hydrogens is 186 g/mol. The fourth-order valence-electron chi connectivity index (χ4n) is 1.08. The van der Waals surface area contributed by atoms with Crippen molar-refractivity contribution >= 4 is 11.7 Å². The number of carbonyl (C=O) groups is 1. The summed E-state index contributed by atoms with van der Waals surface area (Å²) in [6, 6.07) is 2.69. The lowest BCUT2D eigenvalue weighted by atomic mass is 10.1. The molecule has 0 bridgehead atoms. The highest BCUT2D eigenvalue weighted by atomic mass is 16.5. The summed E-state index contributed by atoms with van der Waals surface area (Å²) in [4.78, 5) is 11.2. The maximum absolute atomic E-state index is 11.2. The van der Waals surface area contributed by atoms with Gasteiger partial charge in [-0.2, -0.15) is 0 Å². The number of nitrogen functional groups attached to an aromatic ring is 1. The van der Waals surface area contributed by atoms with Gasteiger partial charge < -0.3 is 20.3 Å². The van der Waals surface area contributed by atoms with Gasteiger partial charge in [-0.1, -0.05) is 0 Å². The van der Waals surface area contributed by atoms with E-state index in [-0.39, 0.29) is 22.7 Å². The Hall–Kier alpha value is -1.91. The van der Waals surface area contributed by atoms with Gasteiger partial charge in [0, 0.05) is 0 Å². The van der Waals surface area contributed by atoms with E-state index >= 15 is 0 Å². The van der Waals surface area contributed by atoms with Gasteiger partial charge in [0.25, 0.3) is 0 Å². The smallest absolute Gasteiger partial charge is 0.341 e. The van der Waals surface area contributed by atoms with Crippen LogP contribution in [0.5, 0.6) is 11.5 Å². The third-order valence-corrected chi connectivity index (χ3v) is 1.78. The van der Waals surface area contributed by atoms with E-state index in [0.717, 1.165) is 0 Å². The Morgan fingerprint density at radius 2 is 2.07 bits per heavy atom. The third-order valence-electron chi connectivity index (χ3n) is 1.78. The summed E-state index contributed by atoms with van der Waals surface area (Å²) in [5.41, 5.74) is 5.71. The lowest BCUT2D eigenvalue weighted by Gasteiger charge is -2.10. The van der Waals surface area contributed by atoms with E-state index in [2.05, 4.69) is 4.74 Å². The molecule has 1 aromatic carbocycles. The molecule has 1 aromatic rings. The maximum atomic E-state index is 11.2. The minimum absolute atomic E-state index is 0.0235. The Morgan fingerprint density at radius 1 is 1.43 bits per heavy atom. The summed E-state index contributed by atoms with van der Waals surface area (Å²) in [5, 5.41) is 9.25. The zero-order valence-electron chi connectivity index (χ0n) is 7.90. The molecule has 0 heterocycles. The second-order valence-corrected chi connectivity index (χ2v) is 2.57.